The van der Waals surface area contributed by atoms with Crippen molar-refractivity contribution in [3.63, 3.8) is 0 Å². The van der Waals surface area contributed by atoms with Gasteiger partial charge in [0.25, 0.3) is 5.91 Å². The van der Waals surface area contributed by atoms with E-state index >= 15 is 0 Å². The van der Waals surface area contributed by atoms with E-state index in [1.54, 1.807) is 18.2 Å². The molecule has 0 spiro atoms. The highest BCUT2D eigenvalue weighted by atomic mass is 32.2. The fraction of sp³-hybridized carbons (Fsp3) is 0.240. The average Bonchev–Trinajstić information content (AvgIpc) is 2.82. The lowest BCUT2D eigenvalue weighted by molar-refractivity contribution is -0.115. The Labute approximate surface area is 204 Å². The van der Waals surface area contributed by atoms with Gasteiger partial charge >= 0.3 is 0 Å². The first-order valence-corrected chi connectivity index (χ1v) is 12.4. The Balaban J connectivity index is 0.00000113. The Hall–Kier alpha value is -3.56. The highest BCUT2D eigenvalue weighted by Gasteiger charge is 2.24. The minimum Gasteiger partial charge on any atom is -0.342 e. The summed E-state index contributed by atoms with van der Waals surface area (Å²) in [5, 5.41) is 5.07. The van der Waals surface area contributed by atoms with Gasteiger partial charge in [-0.15, -0.1) is 0 Å². The first-order chi connectivity index (χ1) is 16.3. The van der Waals surface area contributed by atoms with Crippen LogP contribution in [0.15, 0.2) is 83.9 Å². The summed E-state index contributed by atoms with van der Waals surface area (Å²) >= 11 is 0. The molecule has 0 unspecified atom stereocenters. The molecule has 8 nitrogen and oxygen atoms in total. The molecule has 0 radical (unpaired) electrons. The maximum absolute atomic E-state index is 12.2. The second-order valence-corrected chi connectivity index (χ2v) is 9.59. The number of carbonyl (C=O) groups excluding carboxylic acids is 2. The lowest BCUT2D eigenvalue weighted by Crippen LogP contribution is -2.39. The van der Waals surface area contributed by atoms with Gasteiger partial charge in [-0.25, -0.2) is 13.1 Å². The maximum Gasteiger partial charge on any atom is 0.270 e. The molecule has 3 aromatic rings. The number of anilines is 1. The second kappa shape index (κ2) is 12.1. The number of aryl methyl sites for hydroxylation is 1. The second-order valence-electron chi connectivity index (χ2n) is 7.87. The molecule has 1 aliphatic rings. The van der Waals surface area contributed by atoms with Crippen LogP contribution in [0.3, 0.4) is 0 Å². The number of benzene rings is 2. The summed E-state index contributed by atoms with van der Waals surface area (Å²) in [7, 11) is -3.54. The minimum absolute atomic E-state index is 0. The van der Waals surface area contributed by atoms with Gasteiger partial charge in [0.05, 0.1) is 11.4 Å². The predicted octanol–water partition coefficient (Wildman–Crippen LogP) is 4.01. The van der Waals surface area contributed by atoms with Gasteiger partial charge < -0.3 is 10.6 Å². The highest BCUT2D eigenvalue weighted by Crippen LogP contribution is 2.21. The normalized spacial score (nSPS) is 13.1. The molecule has 1 aliphatic carbocycles. The van der Waals surface area contributed by atoms with Crippen LogP contribution in [-0.2, 0) is 14.8 Å². The quantitative estimate of drug-likeness (QED) is 0.466. The van der Waals surface area contributed by atoms with Gasteiger partial charge in [0, 0.05) is 22.2 Å². The van der Waals surface area contributed by atoms with Gasteiger partial charge in [-0.2, -0.15) is 0 Å². The van der Waals surface area contributed by atoms with Crippen LogP contribution in [0, 0.1) is 6.92 Å². The van der Waals surface area contributed by atoms with Crippen molar-refractivity contribution in [2.45, 2.75) is 37.1 Å². The molecule has 1 saturated carbocycles. The highest BCUT2D eigenvalue weighted by molar-refractivity contribution is 7.89. The Morgan fingerprint density at radius 1 is 0.971 bits per heavy atom. The third-order valence-electron chi connectivity index (χ3n) is 5.12. The molecule has 0 atom stereocenters. The molecule has 9 heteroatoms. The minimum atomic E-state index is -3.54. The fourth-order valence-electron chi connectivity index (χ4n) is 3.02. The average molecular weight is 487 g/mol. The summed E-state index contributed by atoms with van der Waals surface area (Å²) in [6.07, 6.45) is 4.24. The number of nitrogens with zero attached hydrogens (tertiary/aromatic N) is 1. The van der Waals surface area contributed by atoms with Gasteiger partial charge in [0.1, 0.15) is 5.69 Å². The van der Waals surface area contributed by atoms with Gasteiger partial charge in [-0.1, -0.05) is 48.4 Å². The van der Waals surface area contributed by atoms with E-state index in [4.69, 9.17) is 0 Å². The molecule has 3 N–H and O–H groups in total. The summed E-state index contributed by atoms with van der Waals surface area (Å²) in [6, 6.07) is 21.1. The van der Waals surface area contributed by atoms with Crippen LogP contribution in [0.2, 0.25) is 0 Å². The molecule has 184 valence electrons. The number of pyridine rings is 1. The molecule has 2 aromatic carbocycles. The first kappa shape index (κ1) is 25.1. The monoisotopic (exact) mass is 486 g/mol. The van der Waals surface area contributed by atoms with Crippen LogP contribution in [0.5, 0.6) is 0 Å². The van der Waals surface area contributed by atoms with Crippen LogP contribution in [0.4, 0.5) is 5.69 Å². The number of carbonyl (C=O) groups is 2. The Morgan fingerprint density at radius 2 is 1.65 bits per heavy atom. The smallest absolute Gasteiger partial charge is 0.270 e. The standard InChI is InChI=1S/C18H20N4O4S.C7H8.3H2/c23-17(12-20-18(24)16-6-1-2-11-19-16)21-13-7-9-15(10-8-13)27(25,26)22-14-4-3-5-14;1-7-5-3-2-4-6-7;;;/h1-2,6-11,14,22H,3-5,12H2,(H,20,24)(H,21,23);2-6H,1H3;3*1H. The van der Waals surface area contributed by atoms with E-state index < -0.39 is 21.8 Å². The lowest BCUT2D eigenvalue weighted by Gasteiger charge is -2.26. The SMILES string of the molecule is Cc1ccccc1.O=C(CNC(=O)c1ccccn1)Nc1ccc(S(=O)(=O)NC2CCC2)cc1.[HH].[HH].[HH]. The van der Waals surface area contributed by atoms with E-state index in [0.29, 0.717) is 5.69 Å². The van der Waals surface area contributed by atoms with Gasteiger partial charge in [-0.05, 0) is 56.2 Å². The molecule has 4 rings (SSSR count). The van der Waals surface area contributed by atoms with E-state index in [9.17, 15) is 18.0 Å². The fourth-order valence-corrected chi connectivity index (χ4v) is 4.32. The summed E-state index contributed by atoms with van der Waals surface area (Å²) in [5.41, 5.74) is 1.98. The van der Waals surface area contributed by atoms with Crippen LogP contribution < -0.4 is 15.4 Å². The zero-order valence-corrected chi connectivity index (χ0v) is 19.7. The lowest BCUT2D eigenvalue weighted by atomic mass is 9.94. The van der Waals surface area contributed by atoms with Gasteiger partial charge in [0.15, 0.2) is 0 Å². The van der Waals surface area contributed by atoms with E-state index in [-0.39, 0.29) is 27.5 Å². The van der Waals surface area contributed by atoms with E-state index in [2.05, 4.69) is 39.4 Å². The number of rotatable bonds is 7. The third-order valence-corrected chi connectivity index (χ3v) is 6.66. The number of nitrogens with one attached hydrogen (secondary N) is 3. The zero-order chi connectivity index (χ0) is 24.4. The van der Waals surface area contributed by atoms with Crippen molar-refractivity contribution in [1.82, 2.24) is 15.0 Å². The molecule has 0 saturated heterocycles. The molecule has 2 amide bonds. The van der Waals surface area contributed by atoms with Crippen LogP contribution in [-0.4, -0.2) is 37.8 Å². The number of hydrogen-bond acceptors (Lipinski definition) is 5. The molecule has 1 aromatic heterocycles. The first-order valence-electron chi connectivity index (χ1n) is 11.0. The summed E-state index contributed by atoms with van der Waals surface area (Å²) in [5.74, 6) is -0.878. The molecule has 1 fully saturated rings. The van der Waals surface area contributed by atoms with Gasteiger partial charge in [-0.3, -0.25) is 14.6 Å². The van der Waals surface area contributed by atoms with Crippen LogP contribution in [0.25, 0.3) is 0 Å². The molecular weight excluding hydrogens is 452 g/mol. The Kier molecular flexibility index (Phi) is 8.89. The Morgan fingerprint density at radius 3 is 2.18 bits per heavy atom. The maximum atomic E-state index is 12.2. The topological polar surface area (TPSA) is 117 Å². The number of amides is 2. The van der Waals surface area contributed by atoms with Crippen molar-refractivity contribution in [3.8, 4) is 0 Å². The van der Waals surface area contributed by atoms with E-state index in [1.165, 1.54) is 36.0 Å². The number of aromatic nitrogens is 1. The molecule has 34 heavy (non-hydrogen) atoms. The number of sulfonamides is 1. The van der Waals surface area contributed by atoms with Crippen molar-refractivity contribution in [2.24, 2.45) is 0 Å². The molecule has 0 aliphatic heterocycles. The largest absolute Gasteiger partial charge is 0.342 e. The van der Waals surface area contributed by atoms with Crippen molar-refractivity contribution >= 4 is 27.5 Å². The van der Waals surface area contributed by atoms with Crippen LogP contribution >= 0.6 is 0 Å². The van der Waals surface area contributed by atoms with E-state index in [1.807, 2.05) is 18.2 Å². The van der Waals surface area contributed by atoms with E-state index in [0.717, 1.165) is 19.3 Å². The number of hydrogen-bond donors (Lipinski definition) is 3. The molecule has 0 bridgehead atoms. The summed E-state index contributed by atoms with van der Waals surface area (Å²) < 4.78 is 27.1. The molecule has 1 heterocycles. The van der Waals surface area contributed by atoms with Crippen molar-refractivity contribution in [2.75, 3.05) is 11.9 Å². The summed E-state index contributed by atoms with van der Waals surface area (Å²) in [4.78, 5) is 27.8. The van der Waals surface area contributed by atoms with Crippen molar-refractivity contribution in [3.05, 3.63) is 90.3 Å². The molecular formula is C25H34N4O4S. The summed E-state index contributed by atoms with van der Waals surface area (Å²) in [6.45, 7) is 1.86. The third kappa shape index (κ3) is 7.79. The van der Waals surface area contributed by atoms with Crippen molar-refractivity contribution in [1.29, 1.82) is 0 Å². The van der Waals surface area contributed by atoms with Crippen LogP contribution in [0.1, 0.15) is 39.6 Å². The zero-order valence-electron chi connectivity index (χ0n) is 18.9. The predicted molar refractivity (Wildman–Crippen MR) is 137 cm³/mol. The van der Waals surface area contributed by atoms with Crippen molar-refractivity contribution < 1.29 is 22.3 Å². The van der Waals surface area contributed by atoms with Gasteiger partial charge in [0.2, 0.25) is 15.9 Å². The Bertz CT molecular complexity index is 1200.